The van der Waals surface area contributed by atoms with Gasteiger partial charge in [0.1, 0.15) is 0 Å². The van der Waals surface area contributed by atoms with E-state index in [1.807, 2.05) is 0 Å². The van der Waals surface area contributed by atoms with Crippen LogP contribution in [0.15, 0.2) is 0 Å². The number of nitrogens with one attached hydrogen (secondary N) is 2. The zero-order valence-corrected chi connectivity index (χ0v) is 10.3. The van der Waals surface area contributed by atoms with E-state index in [9.17, 15) is 0 Å². The molecule has 2 N–H and O–H groups in total. The molecule has 0 aromatic carbocycles. The fraction of sp³-hybridized carbons (Fsp3) is 0.909. The third-order valence-corrected chi connectivity index (χ3v) is 3.20. The van der Waals surface area contributed by atoms with Crippen molar-refractivity contribution in [2.24, 2.45) is 11.3 Å². The van der Waals surface area contributed by atoms with E-state index in [1.165, 1.54) is 19.3 Å². The first kappa shape index (κ1) is 11.8. The standard InChI is InChI=1S/C11H22N2S/c1-9(2)7-12-10(14)13-8-11(3)5-4-6-11/h9H,4-8H2,1-3H3,(H2,12,13,14). The van der Waals surface area contributed by atoms with Crippen LogP contribution in [0.2, 0.25) is 0 Å². The molecule has 0 radical (unpaired) electrons. The first-order chi connectivity index (χ1) is 6.52. The summed E-state index contributed by atoms with van der Waals surface area (Å²) >= 11 is 5.19. The van der Waals surface area contributed by atoms with Crippen LogP contribution in [0, 0.1) is 11.3 Å². The highest BCUT2D eigenvalue weighted by Gasteiger charge is 2.31. The first-order valence-electron chi connectivity index (χ1n) is 5.53. The SMILES string of the molecule is CC(C)CNC(=S)NCC1(C)CCC1. The molecule has 0 aliphatic heterocycles. The van der Waals surface area contributed by atoms with E-state index < -0.39 is 0 Å². The summed E-state index contributed by atoms with van der Waals surface area (Å²) in [6.45, 7) is 8.68. The maximum atomic E-state index is 5.19. The molecule has 14 heavy (non-hydrogen) atoms. The monoisotopic (exact) mass is 214 g/mol. The molecule has 1 fully saturated rings. The molecule has 0 saturated heterocycles. The molecule has 0 spiro atoms. The maximum absolute atomic E-state index is 5.19. The zero-order chi connectivity index (χ0) is 10.6. The molecule has 0 heterocycles. The topological polar surface area (TPSA) is 24.1 Å². The highest BCUT2D eigenvalue weighted by molar-refractivity contribution is 7.80. The molecule has 1 aliphatic carbocycles. The van der Waals surface area contributed by atoms with E-state index in [-0.39, 0.29) is 0 Å². The molecule has 0 bridgehead atoms. The van der Waals surface area contributed by atoms with Gasteiger partial charge in [-0.1, -0.05) is 27.2 Å². The predicted octanol–water partition coefficient (Wildman–Crippen LogP) is 2.30. The van der Waals surface area contributed by atoms with E-state index in [2.05, 4.69) is 31.4 Å². The van der Waals surface area contributed by atoms with Crippen LogP contribution in [-0.4, -0.2) is 18.2 Å². The van der Waals surface area contributed by atoms with Crippen LogP contribution < -0.4 is 10.6 Å². The van der Waals surface area contributed by atoms with Crippen molar-refractivity contribution in [1.29, 1.82) is 0 Å². The Bertz CT molecular complexity index is 197. The summed E-state index contributed by atoms with van der Waals surface area (Å²) in [5.74, 6) is 0.647. The Hall–Kier alpha value is -0.310. The highest BCUT2D eigenvalue weighted by Crippen LogP contribution is 2.39. The van der Waals surface area contributed by atoms with Gasteiger partial charge in [-0.3, -0.25) is 0 Å². The van der Waals surface area contributed by atoms with Gasteiger partial charge in [-0.05, 0) is 36.4 Å². The van der Waals surface area contributed by atoms with Crippen molar-refractivity contribution < 1.29 is 0 Å². The van der Waals surface area contributed by atoms with E-state index >= 15 is 0 Å². The smallest absolute Gasteiger partial charge is 0.166 e. The lowest BCUT2D eigenvalue weighted by Gasteiger charge is -2.38. The van der Waals surface area contributed by atoms with Gasteiger partial charge in [0.25, 0.3) is 0 Å². The lowest BCUT2D eigenvalue weighted by atomic mass is 9.70. The second-order valence-corrected chi connectivity index (χ2v) is 5.53. The molecule has 1 saturated carbocycles. The Labute approximate surface area is 92.8 Å². The van der Waals surface area contributed by atoms with Crippen LogP contribution in [0.1, 0.15) is 40.0 Å². The van der Waals surface area contributed by atoms with Crippen molar-refractivity contribution >= 4 is 17.3 Å². The summed E-state index contributed by atoms with van der Waals surface area (Å²) in [5, 5.41) is 7.34. The van der Waals surface area contributed by atoms with Crippen LogP contribution >= 0.6 is 12.2 Å². The van der Waals surface area contributed by atoms with Gasteiger partial charge < -0.3 is 10.6 Å². The number of thiocarbonyl (C=S) groups is 1. The van der Waals surface area contributed by atoms with Gasteiger partial charge >= 0.3 is 0 Å². The van der Waals surface area contributed by atoms with Crippen molar-refractivity contribution in [2.75, 3.05) is 13.1 Å². The van der Waals surface area contributed by atoms with Crippen LogP contribution in [0.4, 0.5) is 0 Å². The largest absolute Gasteiger partial charge is 0.362 e. The second-order valence-electron chi connectivity index (χ2n) is 5.12. The minimum absolute atomic E-state index is 0.504. The van der Waals surface area contributed by atoms with Gasteiger partial charge in [0.05, 0.1) is 0 Å². The van der Waals surface area contributed by atoms with Crippen LogP contribution in [0.5, 0.6) is 0 Å². The van der Waals surface area contributed by atoms with E-state index in [4.69, 9.17) is 12.2 Å². The van der Waals surface area contributed by atoms with Gasteiger partial charge in [0, 0.05) is 13.1 Å². The Morgan fingerprint density at radius 2 is 2.00 bits per heavy atom. The molecule has 0 aromatic rings. The van der Waals surface area contributed by atoms with E-state index in [0.717, 1.165) is 18.2 Å². The average Bonchev–Trinajstić information content (AvgIpc) is 2.08. The summed E-state index contributed by atoms with van der Waals surface area (Å²) < 4.78 is 0. The highest BCUT2D eigenvalue weighted by atomic mass is 32.1. The Morgan fingerprint density at radius 1 is 1.36 bits per heavy atom. The molecule has 0 unspecified atom stereocenters. The molecular formula is C11H22N2S. The lowest BCUT2D eigenvalue weighted by Crippen LogP contribution is -2.44. The Balaban J connectivity index is 2.08. The Morgan fingerprint density at radius 3 is 2.43 bits per heavy atom. The van der Waals surface area contributed by atoms with Gasteiger partial charge in [-0.2, -0.15) is 0 Å². The molecule has 1 aliphatic rings. The second kappa shape index (κ2) is 4.96. The lowest BCUT2D eigenvalue weighted by molar-refractivity contribution is 0.165. The zero-order valence-electron chi connectivity index (χ0n) is 9.52. The molecule has 0 atom stereocenters. The quantitative estimate of drug-likeness (QED) is 0.702. The molecule has 82 valence electrons. The molecule has 0 amide bonds. The number of hydrogen-bond donors (Lipinski definition) is 2. The van der Waals surface area contributed by atoms with Gasteiger partial charge in [-0.15, -0.1) is 0 Å². The van der Waals surface area contributed by atoms with Gasteiger partial charge in [-0.25, -0.2) is 0 Å². The fourth-order valence-electron chi connectivity index (χ4n) is 1.61. The minimum Gasteiger partial charge on any atom is -0.362 e. The van der Waals surface area contributed by atoms with Crippen molar-refractivity contribution in [3.8, 4) is 0 Å². The van der Waals surface area contributed by atoms with Crippen LogP contribution in [0.3, 0.4) is 0 Å². The van der Waals surface area contributed by atoms with Gasteiger partial charge in [0.2, 0.25) is 0 Å². The number of hydrogen-bond acceptors (Lipinski definition) is 1. The average molecular weight is 214 g/mol. The van der Waals surface area contributed by atoms with Crippen molar-refractivity contribution in [3.05, 3.63) is 0 Å². The summed E-state index contributed by atoms with van der Waals surface area (Å²) in [6.07, 6.45) is 4.06. The van der Waals surface area contributed by atoms with Crippen LogP contribution in [0.25, 0.3) is 0 Å². The molecule has 0 aromatic heterocycles. The van der Waals surface area contributed by atoms with E-state index in [1.54, 1.807) is 0 Å². The molecule has 1 rings (SSSR count). The normalized spacial score (nSPS) is 18.9. The summed E-state index contributed by atoms with van der Waals surface area (Å²) in [6, 6.07) is 0. The molecule has 3 heteroatoms. The van der Waals surface area contributed by atoms with E-state index in [0.29, 0.717) is 11.3 Å². The van der Waals surface area contributed by atoms with Crippen LogP contribution in [-0.2, 0) is 0 Å². The predicted molar refractivity (Wildman–Crippen MR) is 65.4 cm³/mol. The summed E-state index contributed by atoms with van der Waals surface area (Å²) in [7, 11) is 0. The number of rotatable bonds is 4. The first-order valence-corrected chi connectivity index (χ1v) is 5.94. The maximum Gasteiger partial charge on any atom is 0.166 e. The van der Waals surface area contributed by atoms with Crippen molar-refractivity contribution in [3.63, 3.8) is 0 Å². The summed E-state index contributed by atoms with van der Waals surface area (Å²) in [4.78, 5) is 0. The third-order valence-electron chi connectivity index (χ3n) is 2.91. The third kappa shape index (κ3) is 3.82. The fourth-order valence-corrected chi connectivity index (χ4v) is 1.77. The summed E-state index contributed by atoms with van der Waals surface area (Å²) in [5.41, 5.74) is 0.504. The Kier molecular flexibility index (Phi) is 4.17. The minimum atomic E-state index is 0.504. The van der Waals surface area contributed by atoms with Crippen molar-refractivity contribution in [2.45, 2.75) is 40.0 Å². The molecule has 2 nitrogen and oxygen atoms in total. The van der Waals surface area contributed by atoms with Crippen molar-refractivity contribution in [1.82, 2.24) is 10.6 Å². The molecular weight excluding hydrogens is 192 g/mol. The van der Waals surface area contributed by atoms with Gasteiger partial charge in [0.15, 0.2) is 5.11 Å².